The Balaban J connectivity index is 1.86. The highest BCUT2D eigenvalue weighted by Gasteiger charge is 2.23. The SMILES string of the molecule is C[C@@H]1CCC[NH+](CC(=O)Nc2cc(C(C)(C)C)no2)C1. The molecule has 2 atom stereocenters. The van der Waals surface area contributed by atoms with E-state index in [4.69, 9.17) is 4.52 Å². The second-order valence-electron chi connectivity index (χ2n) is 7.00. The third-order valence-corrected chi connectivity index (χ3v) is 3.82. The Kier molecular flexibility index (Phi) is 4.48. The summed E-state index contributed by atoms with van der Waals surface area (Å²) in [7, 11) is 0. The normalized spacial score (nSPS) is 23.6. The number of carbonyl (C=O) groups excluding carboxylic acids is 1. The van der Waals surface area contributed by atoms with Crippen molar-refractivity contribution in [3.05, 3.63) is 11.8 Å². The third kappa shape index (κ3) is 4.07. The van der Waals surface area contributed by atoms with Crippen LogP contribution in [0.1, 0.15) is 46.2 Å². The second kappa shape index (κ2) is 5.95. The lowest BCUT2D eigenvalue weighted by atomic mass is 9.92. The van der Waals surface area contributed by atoms with Crippen LogP contribution in [0.3, 0.4) is 0 Å². The molecule has 1 aromatic rings. The summed E-state index contributed by atoms with van der Waals surface area (Å²) in [6, 6.07) is 1.81. The lowest BCUT2D eigenvalue weighted by Crippen LogP contribution is -3.14. The number of nitrogens with one attached hydrogen (secondary N) is 2. The monoisotopic (exact) mass is 280 g/mol. The number of rotatable bonds is 3. The standard InChI is InChI=1S/C15H25N3O2/c1-11-6-5-7-18(9-11)10-13(19)16-14-8-12(17-20-14)15(2,3)4/h8,11H,5-7,9-10H2,1-4H3,(H,16,19)/p+1/t11-/m1/s1. The Morgan fingerprint density at radius 2 is 2.30 bits per heavy atom. The van der Waals surface area contributed by atoms with E-state index in [0.717, 1.165) is 18.8 Å². The predicted molar refractivity (Wildman–Crippen MR) is 77.8 cm³/mol. The molecular formula is C15H26N3O2+. The zero-order valence-corrected chi connectivity index (χ0v) is 13.0. The molecule has 0 radical (unpaired) electrons. The minimum atomic E-state index is -0.0694. The number of hydrogen-bond acceptors (Lipinski definition) is 3. The van der Waals surface area contributed by atoms with Crippen molar-refractivity contribution >= 4 is 11.8 Å². The summed E-state index contributed by atoms with van der Waals surface area (Å²) in [5, 5.41) is 6.81. The van der Waals surface area contributed by atoms with E-state index in [2.05, 4.69) is 38.2 Å². The van der Waals surface area contributed by atoms with Crippen molar-refractivity contribution in [3.63, 3.8) is 0 Å². The number of hydrogen-bond donors (Lipinski definition) is 2. The van der Waals surface area contributed by atoms with E-state index >= 15 is 0 Å². The van der Waals surface area contributed by atoms with Crippen LogP contribution >= 0.6 is 0 Å². The molecule has 1 unspecified atom stereocenters. The van der Waals surface area contributed by atoms with Crippen LogP contribution in [0.4, 0.5) is 5.88 Å². The molecule has 1 saturated heterocycles. The number of amides is 1. The second-order valence-corrected chi connectivity index (χ2v) is 7.00. The molecule has 1 aliphatic rings. The predicted octanol–water partition coefficient (Wildman–Crippen LogP) is 1.23. The summed E-state index contributed by atoms with van der Waals surface area (Å²) < 4.78 is 5.18. The number of likely N-dealkylation sites (tertiary alicyclic amines) is 1. The van der Waals surface area contributed by atoms with Gasteiger partial charge < -0.3 is 9.42 Å². The summed E-state index contributed by atoms with van der Waals surface area (Å²) in [5.74, 6) is 1.17. The molecule has 1 aliphatic heterocycles. The molecule has 0 aliphatic carbocycles. The van der Waals surface area contributed by atoms with E-state index in [1.54, 1.807) is 0 Å². The molecule has 0 saturated carbocycles. The highest BCUT2D eigenvalue weighted by molar-refractivity contribution is 5.90. The average Bonchev–Trinajstić information content (AvgIpc) is 2.76. The number of anilines is 1. The first kappa shape index (κ1) is 15.0. The van der Waals surface area contributed by atoms with E-state index in [1.165, 1.54) is 17.7 Å². The summed E-state index contributed by atoms with van der Waals surface area (Å²) in [4.78, 5) is 13.4. The molecule has 1 fully saturated rings. The highest BCUT2D eigenvalue weighted by atomic mass is 16.5. The van der Waals surface area contributed by atoms with Gasteiger partial charge in [0.25, 0.3) is 5.91 Å². The number of quaternary nitrogens is 1. The van der Waals surface area contributed by atoms with Gasteiger partial charge in [-0.3, -0.25) is 10.1 Å². The topological polar surface area (TPSA) is 59.6 Å². The third-order valence-electron chi connectivity index (χ3n) is 3.82. The van der Waals surface area contributed by atoms with Gasteiger partial charge in [-0.25, -0.2) is 0 Å². The summed E-state index contributed by atoms with van der Waals surface area (Å²) in [6.45, 7) is 11.1. The fourth-order valence-electron chi connectivity index (χ4n) is 2.65. The van der Waals surface area contributed by atoms with E-state index in [0.29, 0.717) is 18.3 Å². The van der Waals surface area contributed by atoms with Crippen LogP contribution in [-0.4, -0.2) is 30.7 Å². The smallest absolute Gasteiger partial charge is 0.281 e. The molecule has 20 heavy (non-hydrogen) atoms. The number of aromatic nitrogens is 1. The lowest BCUT2D eigenvalue weighted by molar-refractivity contribution is -0.900. The first-order valence-corrected chi connectivity index (χ1v) is 7.45. The quantitative estimate of drug-likeness (QED) is 0.875. The molecule has 1 aromatic heterocycles. The molecule has 0 bridgehead atoms. The largest absolute Gasteiger partial charge is 0.338 e. The van der Waals surface area contributed by atoms with Crippen molar-refractivity contribution in [1.82, 2.24) is 5.16 Å². The Morgan fingerprint density at radius 3 is 2.90 bits per heavy atom. The molecule has 0 aromatic carbocycles. The van der Waals surface area contributed by atoms with Gasteiger partial charge in [0.15, 0.2) is 6.54 Å². The zero-order valence-electron chi connectivity index (χ0n) is 13.0. The zero-order chi connectivity index (χ0) is 14.8. The Bertz CT molecular complexity index is 462. The molecule has 2 rings (SSSR count). The van der Waals surface area contributed by atoms with E-state index in [1.807, 2.05) is 6.07 Å². The van der Waals surface area contributed by atoms with E-state index in [9.17, 15) is 4.79 Å². The molecular weight excluding hydrogens is 254 g/mol. The van der Waals surface area contributed by atoms with Crippen molar-refractivity contribution in [3.8, 4) is 0 Å². The van der Waals surface area contributed by atoms with Crippen LogP contribution in [0.15, 0.2) is 10.6 Å². The maximum absolute atomic E-state index is 12.0. The van der Waals surface area contributed by atoms with Crippen LogP contribution in [0.25, 0.3) is 0 Å². The number of nitrogens with zero attached hydrogens (tertiary/aromatic N) is 1. The van der Waals surface area contributed by atoms with Crippen LogP contribution in [-0.2, 0) is 10.2 Å². The fraction of sp³-hybridized carbons (Fsp3) is 0.733. The number of carbonyl (C=O) groups is 1. The average molecular weight is 280 g/mol. The Hall–Kier alpha value is -1.36. The molecule has 5 nitrogen and oxygen atoms in total. The number of piperidine rings is 1. The maximum Gasteiger partial charge on any atom is 0.281 e. The molecule has 2 N–H and O–H groups in total. The first-order chi connectivity index (χ1) is 9.34. The van der Waals surface area contributed by atoms with Crippen LogP contribution in [0, 0.1) is 5.92 Å². The molecule has 1 amide bonds. The van der Waals surface area contributed by atoms with Crippen molar-refractivity contribution < 1.29 is 14.2 Å². The van der Waals surface area contributed by atoms with Gasteiger partial charge in [-0.15, -0.1) is 0 Å². The minimum Gasteiger partial charge on any atom is -0.338 e. The van der Waals surface area contributed by atoms with Crippen molar-refractivity contribution in [2.45, 2.75) is 46.0 Å². The highest BCUT2D eigenvalue weighted by Crippen LogP contribution is 2.23. The van der Waals surface area contributed by atoms with Gasteiger partial charge in [-0.1, -0.05) is 32.9 Å². The van der Waals surface area contributed by atoms with Crippen LogP contribution in [0.2, 0.25) is 0 Å². The van der Waals surface area contributed by atoms with Gasteiger partial charge >= 0.3 is 0 Å². The van der Waals surface area contributed by atoms with Gasteiger partial charge in [0.2, 0.25) is 5.88 Å². The van der Waals surface area contributed by atoms with E-state index in [-0.39, 0.29) is 11.3 Å². The van der Waals surface area contributed by atoms with Crippen molar-refractivity contribution in [1.29, 1.82) is 0 Å². The van der Waals surface area contributed by atoms with Crippen molar-refractivity contribution in [2.75, 3.05) is 25.0 Å². The van der Waals surface area contributed by atoms with Gasteiger partial charge in [0, 0.05) is 17.4 Å². The Morgan fingerprint density at radius 1 is 1.55 bits per heavy atom. The summed E-state index contributed by atoms with van der Waals surface area (Å²) in [5.41, 5.74) is 0.784. The first-order valence-electron chi connectivity index (χ1n) is 7.45. The van der Waals surface area contributed by atoms with Gasteiger partial charge in [-0.05, 0) is 12.8 Å². The maximum atomic E-state index is 12.0. The van der Waals surface area contributed by atoms with Gasteiger partial charge in [0.05, 0.1) is 18.8 Å². The Labute approximate surface area is 120 Å². The molecule has 0 spiro atoms. The van der Waals surface area contributed by atoms with E-state index < -0.39 is 0 Å². The fourth-order valence-corrected chi connectivity index (χ4v) is 2.65. The minimum absolute atomic E-state index is 0.00529. The molecule has 2 heterocycles. The molecule has 5 heteroatoms. The summed E-state index contributed by atoms with van der Waals surface area (Å²) >= 11 is 0. The van der Waals surface area contributed by atoms with Gasteiger partial charge in [0.1, 0.15) is 0 Å². The van der Waals surface area contributed by atoms with Gasteiger partial charge in [-0.2, -0.15) is 0 Å². The van der Waals surface area contributed by atoms with Crippen LogP contribution < -0.4 is 10.2 Å². The summed E-state index contributed by atoms with van der Waals surface area (Å²) in [6.07, 6.45) is 2.49. The van der Waals surface area contributed by atoms with Crippen molar-refractivity contribution in [2.24, 2.45) is 5.92 Å². The lowest BCUT2D eigenvalue weighted by Gasteiger charge is -2.27. The van der Waals surface area contributed by atoms with Crippen LogP contribution in [0.5, 0.6) is 0 Å². The molecule has 112 valence electrons.